The van der Waals surface area contributed by atoms with Crippen LogP contribution in [0.1, 0.15) is 10.4 Å². The third kappa shape index (κ3) is 3.25. The predicted molar refractivity (Wildman–Crippen MR) is 99.4 cm³/mol. The van der Waals surface area contributed by atoms with Crippen molar-refractivity contribution in [3.8, 4) is 11.5 Å². The summed E-state index contributed by atoms with van der Waals surface area (Å²) in [4.78, 5) is 20.4. The number of hydrogen-bond acceptors (Lipinski definition) is 4. The van der Waals surface area contributed by atoms with E-state index in [1.807, 2.05) is 41.9 Å². The molecule has 4 aromatic rings. The van der Waals surface area contributed by atoms with E-state index in [0.29, 0.717) is 17.0 Å². The lowest BCUT2D eigenvalue weighted by Crippen LogP contribution is -2.11. The van der Waals surface area contributed by atoms with E-state index in [0.717, 1.165) is 16.8 Å². The van der Waals surface area contributed by atoms with Gasteiger partial charge < -0.3 is 14.6 Å². The van der Waals surface area contributed by atoms with E-state index in [9.17, 15) is 4.79 Å². The van der Waals surface area contributed by atoms with E-state index in [-0.39, 0.29) is 5.91 Å². The highest BCUT2D eigenvalue weighted by molar-refractivity contribution is 6.04. The van der Waals surface area contributed by atoms with Crippen LogP contribution in [0.2, 0.25) is 0 Å². The molecule has 0 spiro atoms. The van der Waals surface area contributed by atoms with Gasteiger partial charge >= 0.3 is 0 Å². The molecule has 0 bridgehead atoms. The summed E-state index contributed by atoms with van der Waals surface area (Å²) in [7, 11) is 1.94. The number of hydrogen-bond donors (Lipinski definition) is 1. The maximum absolute atomic E-state index is 12.1. The molecule has 6 heteroatoms. The third-order valence-corrected chi connectivity index (χ3v) is 3.97. The van der Waals surface area contributed by atoms with Crippen molar-refractivity contribution in [2.24, 2.45) is 7.05 Å². The highest BCUT2D eigenvalue weighted by Crippen LogP contribution is 2.26. The monoisotopic (exact) mass is 344 g/mol. The molecular formula is C20H16N4O2. The van der Waals surface area contributed by atoms with Crippen molar-refractivity contribution >= 4 is 22.6 Å². The summed E-state index contributed by atoms with van der Waals surface area (Å²) in [5, 5.41) is 2.83. The predicted octanol–water partition coefficient (Wildman–Crippen LogP) is 4.01. The van der Waals surface area contributed by atoms with Gasteiger partial charge in [-0.25, -0.2) is 4.98 Å². The van der Waals surface area contributed by atoms with Gasteiger partial charge in [-0.3, -0.25) is 9.78 Å². The van der Waals surface area contributed by atoms with Gasteiger partial charge in [-0.1, -0.05) is 0 Å². The number of rotatable bonds is 4. The van der Waals surface area contributed by atoms with Crippen LogP contribution in [-0.4, -0.2) is 20.4 Å². The number of nitrogens with zero attached hydrogens (tertiary/aromatic N) is 3. The smallest absolute Gasteiger partial charge is 0.257 e. The van der Waals surface area contributed by atoms with Crippen molar-refractivity contribution in [1.82, 2.24) is 14.5 Å². The molecule has 1 amide bonds. The third-order valence-electron chi connectivity index (χ3n) is 3.97. The molecule has 0 atom stereocenters. The summed E-state index contributed by atoms with van der Waals surface area (Å²) in [6.07, 6.45) is 4.93. The largest absolute Gasteiger partial charge is 0.457 e. The second-order valence-electron chi connectivity index (χ2n) is 5.83. The molecular weight excluding hydrogens is 328 g/mol. The number of amides is 1. The van der Waals surface area contributed by atoms with E-state index in [1.54, 1.807) is 36.8 Å². The van der Waals surface area contributed by atoms with Crippen LogP contribution in [0.4, 0.5) is 5.69 Å². The number of benzene rings is 2. The van der Waals surface area contributed by atoms with Crippen LogP contribution in [0.5, 0.6) is 11.5 Å². The fraction of sp³-hybridized carbons (Fsp3) is 0.0500. The molecule has 1 N–H and O–H groups in total. The maximum Gasteiger partial charge on any atom is 0.257 e. The van der Waals surface area contributed by atoms with Crippen LogP contribution in [0.3, 0.4) is 0 Å². The zero-order chi connectivity index (χ0) is 17.9. The number of carbonyl (C=O) groups excluding carboxylic acids is 1. The lowest BCUT2D eigenvalue weighted by atomic mass is 10.2. The van der Waals surface area contributed by atoms with E-state index in [2.05, 4.69) is 15.3 Å². The molecule has 26 heavy (non-hydrogen) atoms. The first-order valence-corrected chi connectivity index (χ1v) is 8.09. The Kier molecular flexibility index (Phi) is 4.07. The Labute approximate surface area is 150 Å². The lowest BCUT2D eigenvalue weighted by molar-refractivity contribution is 0.102. The molecule has 2 aromatic heterocycles. The molecule has 2 aromatic carbocycles. The summed E-state index contributed by atoms with van der Waals surface area (Å²) >= 11 is 0. The van der Waals surface area contributed by atoms with Crippen molar-refractivity contribution < 1.29 is 9.53 Å². The van der Waals surface area contributed by atoms with Gasteiger partial charge in [0.25, 0.3) is 5.91 Å². The maximum atomic E-state index is 12.1. The van der Waals surface area contributed by atoms with Crippen molar-refractivity contribution in [2.75, 3.05) is 5.32 Å². The zero-order valence-corrected chi connectivity index (χ0v) is 14.1. The van der Waals surface area contributed by atoms with Crippen LogP contribution in [-0.2, 0) is 7.05 Å². The van der Waals surface area contributed by atoms with Crippen LogP contribution in [0.15, 0.2) is 73.3 Å². The van der Waals surface area contributed by atoms with E-state index in [4.69, 9.17) is 4.74 Å². The molecule has 0 saturated heterocycles. The fourth-order valence-electron chi connectivity index (χ4n) is 2.61. The van der Waals surface area contributed by atoms with Gasteiger partial charge in [0.15, 0.2) is 0 Å². The van der Waals surface area contributed by atoms with Crippen LogP contribution >= 0.6 is 0 Å². The van der Waals surface area contributed by atoms with E-state index < -0.39 is 0 Å². The molecule has 0 fully saturated rings. The second-order valence-corrected chi connectivity index (χ2v) is 5.83. The van der Waals surface area contributed by atoms with Crippen LogP contribution in [0, 0.1) is 0 Å². The minimum absolute atomic E-state index is 0.201. The van der Waals surface area contributed by atoms with Gasteiger partial charge in [-0.15, -0.1) is 0 Å². The Morgan fingerprint density at radius 2 is 1.88 bits per heavy atom. The van der Waals surface area contributed by atoms with E-state index >= 15 is 0 Å². The second kappa shape index (κ2) is 6.68. The quantitative estimate of drug-likeness (QED) is 0.607. The number of pyridine rings is 1. The first-order chi connectivity index (χ1) is 12.7. The lowest BCUT2D eigenvalue weighted by Gasteiger charge is -2.08. The Morgan fingerprint density at radius 1 is 1.08 bits per heavy atom. The summed E-state index contributed by atoms with van der Waals surface area (Å²) in [6, 6.07) is 16.4. The van der Waals surface area contributed by atoms with Crippen molar-refractivity contribution in [3.63, 3.8) is 0 Å². The Balaban J connectivity index is 1.47. The van der Waals surface area contributed by atoms with Crippen molar-refractivity contribution in [3.05, 3.63) is 78.9 Å². The summed E-state index contributed by atoms with van der Waals surface area (Å²) < 4.78 is 7.84. The summed E-state index contributed by atoms with van der Waals surface area (Å²) in [5.74, 6) is 1.22. The van der Waals surface area contributed by atoms with E-state index in [1.165, 1.54) is 6.20 Å². The molecule has 0 saturated carbocycles. The number of carbonyl (C=O) groups is 1. The van der Waals surface area contributed by atoms with Gasteiger partial charge in [0.2, 0.25) is 0 Å². The first kappa shape index (κ1) is 15.8. The molecule has 0 aliphatic rings. The standard InChI is InChI=1S/C20H16N4O2/c1-24-13-22-18-9-8-17(11-19(18)24)26-16-6-4-15(5-7-16)23-20(25)14-3-2-10-21-12-14/h2-13H,1H3,(H,23,25). The molecule has 128 valence electrons. The van der Waals surface area contributed by atoms with Gasteiger partial charge in [-0.2, -0.15) is 0 Å². The number of anilines is 1. The minimum Gasteiger partial charge on any atom is -0.457 e. The van der Waals surface area contributed by atoms with Gasteiger partial charge in [0.05, 0.1) is 22.9 Å². The summed E-state index contributed by atoms with van der Waals surface area (Å²) in [6.45, 7) is 0. The molecule has 0 radical (unpaired) electrons. The normalized spacial score (nSPS) is 10.7. The fourth-order valence-corrected chi connectivity index (χ4v) is 2.61. The van der Waals surface area contributed by atoms with Gasteiger partial charge in [0.1, 0.15) is 11.5 Å². The highest BCUT2D eigenvalue weighted by Gasteiger charge is 2.07. The minimum atomic E-state index is -0.201. The molecule has 0 unspecified atom stereocenters. The Morgan fingerprint density at radius 3 is 2.65 bits per heavy atom. The molecule has 0 aliphatic heterocycles. The Bertz CT molecular complexity index is 1060. The van der Waals surface area contributed by atoms with Crippen molar-refractivity contribution in [1.29, 1.82) is 0 Å². The topological polar surface area (TPSA) is 69.0 Å². The average molecular weight is 344 g/mol. The number of nitrogens with one attached hydrogen (secondary N) is 1. The number of aromatic nitrogens is 3. The van der Waals surface area contributed by atoms with Crippen LogP contribution in [0.25, 0.3) is 11.0 Å². The number of aryl methyl sites for hydroxylation is 1. The highest BCUT2D eigenvalue weighted by atomic mass is 16.5. The molecule has 4 rings (SSSR count). The Hall–Kier alpha value is -3.67. The number of imidazole rings is 1. The van der Waals surface area contributed by atoms with Crippen molar-refractivity contribution in [2.45, 2.75) is 0 Å². The van der Waals surface area contributed by atoms with Crippen LogP contribution < -0.4 is 10.1 Å². The number of fused-ring (bicyclic) bond motifs is 1. The zero-order valence-electron chi connectivity index (χ0n) is 14.1. The van der Waals surface area contributed by atoms with Gasteiger partial charge in [0, 0.05) is 31.2 Å². The number of ether oxygens (including phenoxy) is 1. The SMILES string of the molecule is Cn1cnc2ccc(Oc3ccc(NC(=O)c4cccnc4)cc3)cc21. The van der Waals surface area contributed by atoms with Gasteiger partial charge in [-0.05, 0) is 48.5 Å². The molecule has 6 nitrogen and oxygen atoms in total. The molecule has 0 aliphatic carbocycles. The summed E-state index contributed by atoms with van der Waals surface area (Å²) in [5.41, 5.74) is 3.13. The molecule has 2 heterocycles. The first-order valence-electron chi connectivity index (χ1n) is 8.09. The average Bonchev–Trinajstić information content (AvgIpc) is 3.04.